The summed E-state index contributed by atoms with van der Waals surface area (Å²) in [6, 6.07) is 12.1. The van der Waals surface area contributed by atoms with Gasteiger partial charge in [0.25, 0.3) is 0 Å². The first-order valence-electron chi connectivity index (χ1n) is 16.1. The van der Waals surface area contributed by atoms with E-state index in [0.717, 1.165) is 21.4 Å². The summed E-state index contributed by atoms with van der Waals surface area (Å²) in [7, 11) is 0. The number of nitrogens with zero attached hydrogens (tertiary/aromatic N) is 7. The van der Waals surface area contributed by atoms with Gasteiger partial charge in [-0.2, -0.15) is 4.37 Å². The van der Waals surface area contributed by atoms with Gasteiger partial charge in [0.1, 0.15) is 21.9 Å². The van der Waals surface area contributed by atoms with Crippen LogP contribution >= 0.6 is 34.2 Å². The predicted octanol–water partition coefficient (Wildman–Crippen LogP) is 12.3. The van der Waals surface area contributed by atoms with Crippen molar-refractivity contribution in [3.63, 3.8) is 0 Å². The second kappa shape index (κ2) is 27.0. The van der Waals surface area contributed by atoms with E-state index in [1.54, 1.807) is 34.5 Å². The molecule has 262 valence electrons. The minimum absolute atomic E-state index is 0. The highest BCUT2D eigenvalue weighted by Crippen LogP contribution is 2.19. The van der Waals surface area contributed by atoms with Crippen LogP contribution in [0.15, 0.2) is 60.6 Å². The van der Waals surface area contributed by atoms with Gasteiger partial charge in [0.15, 0.2) is 0 Å². The maximum Gasteiger partial charge on any atom is 0.129 e. The third-order valence-electron chi connectivity index (χ3n) is 5.66. The zero-order valence-corrected chi connectivity index (χ0v) is 33.0. The predicted molar refractivity (Wildman–Crippen MR) is 208 cm³/mol. The molecule has 0 spiro atoms. The third kappa shape index (κ3) is 21.5. The van der Waals surface area contributed by atoms with Gasteiger partial charge < -0.3 is 0 Å². The molecule has 5 aromatic rings. The molecule has 0 saturated heterocycles. The SMILES string of the molecule is C.CC.CC(C)c1ccccn1.CC(C)c1ncns1.CC(C)c1nncs1.Cc1cccc(C(C)C)n1.Cc1cnc(C(C)C)s1. The van der Waals surface area contributed by atoms with Gasteiger partial charge in [-0.05, 0) is 61.5 Å². The monoisotopic (exact) mass is 699 g/mol. The Morgan fingerprint density at radius 3 is 1.49 bits per heavy atom. The minimum Gasteiger partial charge on any atom is -0.261 e. The average molecular weight is 700 g/mol. The number of hydrogen-bond donors (Lipinski definition) is 0. The molecule has 5 aromatic heterocycles. The molecular formula is C37H61N7S3. The largest absolute Gasteiger partial charge is 0.261 e. The van der Waals surface area contributed by atoms with E-state index < -0.39 is 0 Å². The highest BCUT2D eigenvalue weighted by molar-refractivity contribution is 7.11. The molecule has 0 amide bonds. The molecule has 0 aliphatic heterocycles. The van der Waals surface area contributed by atoms with E-state index >= 15 is 0 Å². The fourth-order valence-electron chi connectivity index (χ4n) is 3.11. The maximum atomic E-state index is 4.37. The van der Waals surface area contributed by atoms with E-state index in [0.29, 0.717) is 29.6 Å². The van der Waals surface area contributed by atoms with Crippen LogP contribution in [0.25, 0.3) is 0 Å². The fourth-order valence-corrected chi connectivity index (χ4v) is 4.96. The van der Waals surface area contributed by atoms with Gasteiger partial charge in [0.05, 0.1) is 5.01 Å². The Kier molecular flexibility index (Phi) is 26.6. The van der Waals surface area contributed by atoms with Crippen LogP contribution in [0.4, 0.5) is 0 Å². The molecule has 10 heteroatoms. The summed E-state index contributed by atoms with van der Waals surface area (Å²) in [4.78, 5) is 18.1. The third-order valence-corrected chi connectivity index (χ3v) is 8.83. The van der Waals surface area contributed by atoms with Crippen molar-refractivity contribution in [2.45, 2.75) is 134 Å². The topological polar surface area (TPSA) is 90.2 Å². The minimum atomic E-state index is 0. The van der Waals surface area contributed by atoms with Gasteiger partial charge in [-0.15, -0.1) is 32.9 Å². The van der Waals surface area contributed by atoms with Crippen LogP contribution in [0.3, 0.4) is 0 Å². The summed E-state index contributed by atoms with van der Waals surface area (Å²) >= 11 is 4.86. The number of aryl methyl sites for hydroxylation is 2. The Labute approximate surface area is 299 Å². The molecule has 47 heavy (non-hydrogen) atoms. The van der Waals surface area contributed by atoms with Crippen molar-refractivity contribution < 1.29 is 0 Å². The van der Waals surface area contributed by atoms with Crippen molar-refractivity contribution in [2.24, 2.45) is 0 Å². The molecule has 0 saturated carbocycles. The molecule has 0 atom stereocenters. The first-order chi connectivity index (χ1) is 21.8. The molecule has 0 aliphatic rings. The number of thiazole rings is 1. The Morgan fingerprint density at radius 2 is 1.21 bits per heavy atom. The van der Waals surface area contributed by atoms with Crippen molar-refractivity contribution >= 4 is 34.2 Å². The first kappa shape index (κ1) is 46.2. The van der Waals surface area contributed by atoms with Crippen LogP contribution in [-0.4, -0.2) is 34.5 Å². The summed E-state index contributed by atoms with van der Waals surface area (Å²) in [5, 5.41) is 11.1. The lowest BCUT2D eigenvalue weighted by Crippen LogP contribution is -1.92. The summed E-state index contributed by atoms with van der Waals surface area (Å²) < 4.78 is 3.87. The van der Waals surface area contributed by atoms with E-state index in [4.69, 9.17) is 0 Å². The molecule has 0 aliphatic carbocycles. The van der Waals surface area contributed by atoms with E-state index in [9.17, 15) is 0 Å². The van der Waals surface area contributed by atoms with Gasteiger partial charge in [0.2, 0.25) is 0 Å². The smallest absolute Gasteiger partial charge is 0.129 e. The highest BCUT2D eigenvalue weighted by Gasteiger charge is 2.02. The highest BCUT2D eigenvalue weighted by atomic mass is 32.1. The van der Waals surface area contributed by atoms with Crippen LogP contribution in [0.2, 0.25) is 0 Å². The zero-order valence-electron chi connectivity index (χ0n) is 30.5. The van der Waals surface area contributed by atoms with Crippen molar-refractivity contribution in [1.82, 2.24) is 34.5 Å². The molecule has 0 N–H and O–H groups in total. The summed E-state index contributed by atoms with van der Waals surface area (Å²) in [5.41, 5.74) is 5.21. The molecule has 0 radical (unpaired) electrons. The normalized spacial score (nSPS) is 9.85. The summed E-state index contributed by atoms with van der Waals surface area (Å²) in [6.07, 6.45) is 5.36. The Hall–Kier alpha value is -2.95. The lowest BCUT2D eigenvalue weighted by molar-refractivity contribution is 0.815. The quantitative estimate of drug-likeness (QED) is 0.180. The van der Waals surface area contributed by atoms with Crippen molar-refractivity contribution in [3.8, 4) is 0 Å². The van der Waals surface area contributed by atoms with E-state index in [1.807, 2.05) is 57.4 Å². The fraction of sp³-hybridized carbons (Fsp3) is 0.541. The standard InChI is InChI=1S/C9H13N.C8H11N.C7H11NS.2C5H8N2S.C2H6.CH4/c1-7(2)9-6-4-5-8(3)10-9;1-7(2)8-5-3-4-6-9-8;1-5(2)7-8-4-6(3)9-7;1-4(2)5-7-6-3-8-5;1-4(2)5-6-3-7-8-5;1-2;/h4-7H,1-3H3;3-7H,1-2H3;4-5H,1-3H3;2*3-4H,1-2H3;1-2H3;1H4. The van der Waals surface area contributed by atoms with Crippen LogP contribution in [0, 0.1) is 13.8 Å². The average Bonchev–Trinajstić information content (AvgIpc) is 3.84. The Balaban J connectivity index is 0. The molecule has 0 aromatic carbocycles. The van der Waals surface area contributed by atoms with E-state index in [2.05, 4.69) is 123 Å². The number of aromatic nitrogens is 7. The van der Waals surface area contributed by atoms with E-state index in [-0.39, 0.29) is 7.43 Å². The van der Waals surface area contributed by atoms with Gasteiger partial charge >= 0.3 is 0 Å². The molecular weight excluding hydrogens is 639 g/mol. The molecule has 0 bridgehead atoms. The summed E-state index contributed by atoms with van der Waals surface area (Å²) in [5.74, 6) is 2.74. The Bertz CT molecular complexity index is 1330. The van der Waals surface area contributed by atoms with Crippen LogP contribution < -0.4 is 0 Å². The number of rotatable bonds is 5. The number of pyridine rings is 2. The van der Waals surface area contributed by atoms with Gasteiger partial charge in [0, 0.05) is 52.1 Å². The molecule has 0 fully saturated rings. The first-order valence-corrected chi connectivity index (χ1v) is 18.6. The van der Waals surface area contributed by atoms with Crippen LogP contribution in [-0.2, 0) is 0 Å². The molecule has 5 heterocycles. The van der Waals surface area contributed by atoms with E-state index in [1.165, 1.54) is 27.1 Å². The number of hydrogen-bond acceptors (Lipinski definition) is 10. The summed E-state index contributed by atoms with van der Waals surface area (Å²) in [6.45, 7) is 29.5. The maximum absolute atomic E-state index is 4.37. The van der Waals surface area contributed by atoms with Gasteiger partial charge in [-0.3, -0.25) is 9.97 Å². The molecule has 5 rings (SSSR count). The van der Waals surface area contributed by atoms with Crippen LogP contribution in [0.5, 0.6) is 0 Å². The second-order valence-electron chi connectivity index (χ2n) is 11.6. The second-order valence-corrected chi connectivity index (χ2v) is 14.5. The van der Waals surface area contributed by atoms with Crippen LogP contribution in [0.1, 0.15) is 157 Å². The Morgan fingerprint density at radius 1 is 0.617 bits per heavy atom. The lowest BCUT2D eigenvalue weighted by Gasteiger charge is -2.03. The van der Waals surface area contributed by atoms with Crippen molar-refractivity contribution in [3.05, 3.63) is 97.6 Å². The molecule has 7 nitrogen and oxygen atoms in total. The van der Waals surface area contributed by atoms with Crippen molar-refractivity contribution in [2.75, 3.05) is 0 Å². The molecule has 0 unspecified atom stereocenters. The van der Waals surface area contributed by atoms with Gasteiger partial charge in [-0.25, -0.2) is 9.97 Å². The lowest BCUT2D eigenvalue weighted by atomic mass is 10.1. The zero-order chi connectivity index (χ0) is 35.1. The van der Waals surface area contributed by atoms with Crippen molar-refractivity contribution in [1.29, 1.82) is 0 Å². The van der Waals surface area contributed by atoms with Gasteiger partial charge in [-0.1, -0.05) is 103 Å².